The average molecular weight is 284 g/mol. The summed E-state index contributed by atoms with van der Waals surface area (Å²) in [5.74, 6) is -0.110. The van der Waals surface area contributed by atoms with Gasteiger partial charge in [0.05, 0.1) is 6.10 Å². The van der Waals surface area contributed by atoms with E-state index >= 15 is 0 Å². The molecule has 2 unspecified atom stereocenters. The number of amidine groups is 1. The van der Waals surface area contributed by atoms with E-state index in [2.05, 4.69) is 5.16 Å². The van der Waals surface area contributed by atoms with Crippen LogP contribution in [0.5, 0.6) is 0 Å². The first kappa shape index (κ1) is 15.1. The molecule has 0 radical (unpaired) electrons. The first-order valence-electron chi connectivity index (χ1n) is 7.02. The van der Waals surface area contributed by atoms with Gasteiger partial charge in [-0.3, -0.25) is 4.79 Å². The number of amides is 1. The number of nitrogens with zero attached hydrogens (tertiary/aromatic N) is 3. The number of likely N-dealkylation sites (N-methyl/N-ethyl adjacent to an activating group) is 1. The number of hydrogen-bond acceptors (Lipinski definition) is 5. The van der Waals surface area contributed by atoms with Crippen LogP contribution in [0.25, 0.3) is 0 Å². The molecule has 114 valence electrons. The fourth-order valence-electron chi connectivity index (χ4n) is 3.22. The molecule has 1 saturated carbocycles. The lowest BCUT2D eigenvalue weighted by Crippen LogP contribution is -2.57. The molecule has 20 heavy (non-hydrogen) atoms. The molecule has 7 heteroatoms. The number of rotatable bonds is 4. The zero-order valence-electron chi connectivity index (χ0n) is 12.1. The number of likely N-dealkylation sites (tertiary alicyclic amines) is 1. The normalized spacial score (nSPS) is 29.6. The number of aliphatic hydroxyl groups excluding tert-OH is 1. The van der Waals surface area contributed by atoms with Crippen LogP contribution >= 0.6 is 0 Å². The third kappa shape index (κ3) is 2.47. The molecule has 1 amide bonds. The molecule has 2 rings (SSSR count). The number of aliphatic hydroxyl groups is 1. The van der Waals surface area contributed by atoms with Gasteiger partial charge in [-0.25, -0.2) is 0 Å². The maximum atomic E-state index is 12.8. The molecular weight excluding hydrogens is 260 g/mol. The Labute approximate surface area is 119 Å². The Bertz CT molecular complexity index is 406. The molecule has 1 saturated heterocycles. The molecular formula is C13H24N4O3. The smallest absolute Gasteiger partial charge is 0.236 e. The summed E-state index contributed by atoms with van der Waals surface area (Å²) in [7, 11) is 3.88. The van der Waals surface area contributed by atoms with Crippen molar-refractivity contribution in [3.05, 3.63) is 0 Å². The van der Waals surface area contributed by atoms with Crippen LogP contribution in [-0.2, 0) is 4.79 Å². The van der Waals surface area contributed by atoms with Crippen LogP contribution < -0.4 is 5.73 Å². The number of nitrogens with two attached hydrogens (primary N) is 1. The Morgan fingerprint density at radius 3 is 2.60 bits per heavy atom. The van der Waals surface area contributed by atoms with Crippen LogP contribution in [0, 0.1) is 5.41 Å². The van der Waals surface area contributed by atoms with E-state index in [4.69, 9.17) is 10.9 Å². The van der Waals surface area contributed by atoms with Crippen molar-refractivity contribution in [3.8, 4) is 0 Å². The minimum atomic E-state index is -0.858. The molecule has 0 aromatic heterocycles. The number of hydrogen-bond donors (Lipinski definition) is 3. The highest BCUT2D eigenvalue weighted by Crippen LogP contribution is 2.44. The van der Waals surface area contributed by atoms with Gasteiger partial charge in [0.15, 0.2) is 5.84 Å². The van der Waals surface area contributed by atoms with Crippen molar-refractivity contribution in [2.24, 2.45) is 16.3 Å². The Kier molecular flexibility index (Phi) is 4.19. The monoisotopic (exact) mass is 284 g/mol. The van der Waals surface area contributed by atoms with Crippen LogP contribution in [0.1, 0.15) is 25.7 Å². The van der Waals surface area contributed by atoms with Crippen molar-refractivity contribution in [1.29, 1.82) is 0 Å². The molecule has 2 aliphatic rings. The van der Waals surface area contributed by atoms with Crippen molar-refractivity contribution >= 4 is 11.7 Å². The number of carbonyl (C=O) groups excluding carboxylic acids is 1. The van der Waals surface area contributed by atoms with Gasteiger partial charge >= 0.3 is 0 Å². The summed E-state index contributed by atoms with van der Waals surface area (Å²) in [6.07, 6.45) is 2.21. The van der Waals surface area contributed by atoms with Gasteiger partial charge < -0.3 is 25.8 Å². The molecule has 0 aromatic carbocycles. The van der Waals surface area contributed by atoms with E-state index in [0.29, 0.717) is 32.4 Å². The Morgan fingerprint density at radius 2 is 2.15 bits per heavy atom. The van der Waals surface area contributed by atoms with Gasteiger partial charge in [-0.15, -0.1) is 0 Å². The van der Waals surface area contributed by atoms with E-state index < -0.39 is 11.5 Å². The summed E-state index contributed by atoms with van der Waals surface area (Å²) in [6, 6.07) is -0.0172. The summed E-state index contributed by atoms with van der Waals surface area (Å²) >= 11 is 0. The molecule has 1 heterocycles. The molecule has 4 N–H and O–H groups in total. The van der Waals surface area contributed by atoms with Gasteiger partial charge in [0.1, 0.15) is 5.41 Å². The zero-order valence-corrected chi connectivity index (χ0v) is 12.1. The first-order valence-corrected chi connectivity index (χ1v) is 7.02. The lowest BCUT2D eigenvalue weighted by atomic mass is 9.66. The summed E-state index contributed by atoms with van der Waals surface area (Å²) in [5, 5.41) is 21.8. The summed E-state index contributed by atoms with van der Waals surface area (Å²) in [6.45, 7) is 1.03. The second-order valence-corrected chi connectivity index (χ2v) is 6.18. The molecule has 1 aliphatic carbocycles. The van der Waals surface area contributed by atoms with Crippen molar-refractivity contribution in [2.45, 2.75) is 37.8 Å². The SMILES string of the molecule is CN(C)CC1CC(O)CN1C(=O)C1(C(N)=NO)CCC1. The van der Waals surface area contributed by atoms with Crippen LogP contribution in [-0.4, -0.2) is 71.2 Å². The number of carbonyl (C=O) groups is 1. The molecule has 2 atom stereocenters. The zero-order chi connectivity index (χ0) is 14.9. The van der Waals surface area contributed by atoms with Gasteiger partial charge in [0.2, 0.25) is 5.91 Å². The van der Waals surface area contributed by atoms with Crippen molar-refractivity contribution in [2.75, 3.05) is 27.2 Å². The number of oxime groups is 1. The lowest BCUT2D eigenvalue weighted by molar-refractivity contribution is -0.143. The predicted molar refractivity (Wildman–Crippen MR) is 74.4 cm³/mol. The van der Waals surface area contributed by atoms with Crippen molar-refractivity contribution in [3.63, 3.8) is 0 Å². The van der Waals surface area contributed by atoms with E-state index in [1.54, 1.807) is 4.90 Å². The van der Waals surface area contributed by atoms with E-state index in [1.807, 2.05) is 19.0 Å². The minimum absolute atomic E-state index is 0.00116. The second kappa shape index (κ2) is 5.57. The second-order valence-electron chi connectivity index (χ2n) is 6.18. The van der Waals surface area contributed by atoms with Crippen LogP contribution in [0.15, 0.2) is 5.16 Å². The fourth-order valence-corrected chi connectivity index (χ4v) is 3.22. The van der Waals surface area contributed by atoms with Gasteiger partial charge in [-0.05, 0) is 33.4 Å². The van der Waals surface area contributed by atoms with Crippen LogP contribution in [0.3, 0.4) is 0 Å². The summed E-state index contributed by atoms with van der Waals surface area (Å²) in [5.41, 5.74) is 4.88. The fraction of sp³-hybridized carbons (Fsp3) is 0.846. The maximum absolute atomic E-state index is 12.8. The third-order valence-corrected chi connectivity index (χ3v) is 4.44. The van der Waals surface area contributed by atoms with E-state index in [-0.39, 0.29) is 17.8 Å². The van der Waals surface area contributed by atoms with E-state index in [1.165, 1.54) is 0 Å². The Morgan fingerprint density at radius 1 is 1.50 bits per heavy atom. The predicted octanol–water partition coefficient (Wildman–Crippen LogP) is -0.573. The minimum Gasteiger partial charge on any atom is -0.409 e. The summed E-state index contributed by atoms with van der Waals surface area (Å²) < 4.78 is 0. The molecule has 7 nitrogen and oxygen atoms in total. The molecule has 0 spiro atoms. The quantitative estimate of drug-likeness (QED) is 0.278. The van der Waals surface area contributed by atoms with Gasteiger partial charge in [-0.2, -0.15) is 0 Å². The first-order chi connectivity index (χ1) is 9.40. The van der Waals surface area contributed by atoms with E-state index in [9.17, 15) is 9.90 Å². The third-order valence-electron chi connectivity index (χ3n) is 4.44. The molecule has 2 fully saturated rings. The van der Waals surface area contributed by atoms with Crippen LogP contribution in [0.4, 0.5) is 0 Å². The highest BCUT2D eigenvalue weighted by atomic mass is 16.4. The van der Waals surface area contributed by atoms with Crippen LogP contribution in [0.2, 0.25) is 0 Å². The standard InChI is InChI=1S/C13H24N4O3/c1-16(2)7-9-6-10(18)8-17(9)12(19)13(4-3-5-13)11(14)15-20/h9-10,18,20H,3-8H2,1-2H3,(H2,14,15). The Balaban J connectivity index is 2.18. The van der Waals surface area contributed by atoms with Gasteiger partial charge in [0.25, 0.3) is 0 Å². The largest absolute Gasteiger partial charge is 0.409 e. The van der Waals surface area contributed by atoms with Crippen molar-refractivity contribution in [1.82, 2.24) is 9.80 Å². The van der Waals surface area contributed by atoms with Gasteiger partial charge in [0, 0.05) is 19.1 Å². The average Bonchev–Trinajstić information content (AvgIpc) is 2.67. The molecule has 1 aliphatic heterocycles. The van der Waals surface area contributed by atoms with Crippen molar-refractivity contribution < 1.29 is 15.1 Å². The summed E-state index contributed by atoms with van der Waals surface area (Å²) in [4.78, 5) is 16.5. The van der Waals surface area contributed by atoms with Gasteiger partial charge in [-0.1, -0.05) is 11.6 Å². The van der Waals surface area contributed by atoms with E-state index in [0.717, 1.165) is 6.42 Å². The molecule has 0 aromatic rings. The highest BCUT2D eigenvalue weighted by Gasteiger charge is 2.52. The lowest BCUT2D eigenvalue weighted by Gasteiger charge is -2.43. The molecule has 0 bridgehead atoms. The topological polar surface area (TPSA) is 102 Å². The maximum Gasteiger partial charge on any atom is 0.236 e. The Hall–Kier alpha value is -1.34. The highest BCUT2D eigenvalue weighted by molar-refractivity contribution is 6.07. The number of β-amino-alcohol motifs (C(OH)–C–C–N with tert-alkyl or cyclic N) is 1.